The number of methoxy groups -OCH3 is 1. The SMILES string of the molecule is C=CC(=O)N1CCN(C2NC(OCC3CCCN3C)NC3C[C@@]4(CCC32)Cc2ccc(OC)cc2CO4)CC1CC#N. The summed E-state index contributed by atoms with van der Waals surface area (Å²) in [6.45, 7) is 8.08. The minimum absolute atomic E-state index is 0.0854. The number of likely N-dealkylation sites (tertiary alicyclic amines) is 1. The van der Waals surface area contributed by atoms with Crippen LogP contribution in [0.4, 0.5) is 0 Å². The fourth-order valence-corrected chi connectivity index (χ4v) is 8.01. The molecule has 0 bridgehead atoms. The number of carbonyl (C=O) groups is 1. The summed E-state index contributed by atoms with van der Waals surface area (Å²) in [6.07, 6.45) is 7.69. The van der Waals surface area contributed by atoms with Crippen molar-refractivity contribution in [3.8, 4) is 11.8 Å². The van der Waals surface area contributed by atoms with Crippen LogP contribution in [0.15, 0.2) is 30.9 Å². The largest absolute Gasteiger partial charge is 0.497 e. The number of nitrogens with zero attached hydrogens (tertiary/aromatic N) is 4. The number of nitrogens with one attached hydrogen (secondary N) is 2. The van der Waals surface area contributed by atoms with Crippen molar-refractivity contribution in [3.63, 3.8) is 0 Å². The molecule has 1 aliphatic carbocycles. The van der Waals surface area contributed by atoms with Crippen LogP contribution in [0, 0.1) is 17.2 Å². The summed E-state index contributed by atoms with van der Waals surface area (Å²) in [4.78, 5) is 19.2. The molecule has 5 aliphatic rings. The Balaban J connectivity index is 1.20. The van der Waals surface area contributed by atoms with Crippen molar-refractivity contribution in [3.05, 3.63) is 42.0 Å². The van der Waals surface area contributed by atoms with Crippen LogP contribution in [0.2, 0.25) is 0 Å². The molecule has 2 N–H and O–H groups in total. The third-order valence-electron chi connectivity index (χ3n) is 10.4. The summed E-state index contributed by atoms with van der Waals surface area (Å²) in [5, 5.41) is 17.2. The van der Waals surface area contributed by atoms with Gasteiger partial charge >= 0.3 is 0 Å². The van der Waals surface area contributed by atoms with Gasteiger partial charge in [0.25, 0.3) is 0 Å². The zero-order valence-corrected chi connectivity index (χ0v) is 25.1. The van der Waals surface area contributed by atoms with Gasteiger partial charge in [-0.05, 0) is 75.0 Å². The summed E-state index contributed by atoms with van der Waals surface area (Å²) >= 11 is 0. The number of nitriles is 1. The van der Waals surface area contributed by atoms with Gasteiger partial charge in [0.15, 0.2) is 6.35 Å². The molecule has 7 atom stereocenters. The fourth-order valence-electron chi connectivity index (χ4n) is 8.01. The van der Waals surface area contributed by atoms with E-state index >= 15 is 0 Å². The van der Waals surface area contributed by atoms with Gasteiger partial charge in [-0.15, -0.1) is 0 Å². The lowest BCUT2D eigenvalue weighted by molar-refractivity contribution is -0.153. The number of likely N-dealkylation sites (N-methyl/N-ethyl adjacent to an activating group) is 1. The summed E-state index contributed by atoms with van der Waals surface area (Å²) in [5.74, 6) is 1.13. The second-order valence-electron chi connectivity index (χ2n) is 12.8. The Morgan fingerprint density at radius 3 is 2.88 bits per heavy atom. The highest BCUT2D eigenvalue weighted by atomic mass is 16.5. The van der Waals surface area contributed by atoms with Gasteiger partial charge < -0.3 is 24.0 Å². The molecule has 0 aromatic heterocycles. The van der Waals surface area contributed by atoms with Gasteiger partial charge in [-0.25, -0.2) is 0 Å². The number of rotatable bonds is 7. The van der Waals surface area contributed by atoms with Crippen molar-refractivity contribution in [1.29, 1.82) is 5.26 Å². The number of hydrogen-bond donors (Lipinski definition) is 2. The van der Waals surface area contributed by atoms with Crippen molar-refractivity contribution >= 4 is 5.91 Å². The number of amides is 1. The zero-order chi connectivity index (χ0) is 29.3. The van der Waals surface area contributed by atoms with Crippen molar-refractivity contribution in [2.45, 2.75) is 87.8 Å². The molecule has 1 saturated carbocycles. The first-order chi connectivity index (χ1) is 20.4. The molecule has 6 unspecified atom stereocenters. The van der Waals surface area contributed by atoms with Crippen LogP contribution in [0.3, 0.4) is 0 Å². The van der Waals surface area contributed by atoms with E-state index in [2.05, 4.69) is 58.3 Å². The first-order valence-corrected chi connectivity index (χ1v) is 15.6. The Morgan fingerprint density at radius 2 is 2.12 bits per heavy atom. The van der Waals surface area contributed by atoms with Crippen LogP contribution < -0.4 is 15.4 Å². The lowest BCUT2D eigenvalue weighted by Crippen LogP contribution is -2.73. The molecule has 42 heavy (non-hydrogen) atoms. The summed E-state index contributed by atoms with van der Waals surface area (Å²) < 4.78 is 18.7. The highest BCUT2D eigenvalue weighted by Crippen LogP contribution is 2.44. The predicted molar refractivity (Wildman–Crippen MR) is 158 cm³/mol. The third kappa shape index (κ3) is 5.96. The molecule has 10 heteroatoms. The van der Waals surface area contributed by atoms with Gasteiger partial charge in [-0.1, -0.05) is 12.6 Å². The van der Waals surface area contributed by atoms with Gasteiger partial charge in [-0.3, -0.25) is 20.3 Å². The molecule has 3 saturated heterocycles. The predicted octanol–water partition coefficient (Wildman–Crippen LogP) is 2.20. The Bertz CT molecular complexity index is 1190. The van der Waals surface area contributed by atoms with E-state index in [0.29, 0.717) is 44.7 Å². The van der Waals surface area contributed by atoms with Gasteiger partial charge in [0, 0.05) is 44.1 Å². The molecule has 1 amide bonds. The van der Waals surface area contributed by atoms with E-state index in [1.54, 1.807) is 7.11 Å². The Labute approximate surface area is 249 Å². The summed E-state index contributed by atoms with van der Waals surface area (Å²) in [7, 11) is 3.88. The highest BCUT2D eigenvalue weighted by molar-refractivity contribution is 5.87. The molecular formula is C32H46N6O4. The molecule has 4 heterocycles. The van der Waals surface area contributed by atoms with Crippen LogP contribution >= 0.6 is 0 Å². The lowest BCUT2D eigenvalue weighted by atomic mass is 9.69. The number of carbonyl (C=O) groups excluding carboxylic acids is 1. The van der Waals surface area contributed by atoms with Crippen molar-refractivity contribution < 1.29 is 19.0 Å². The molecule has 4 fully saturated rings. The standard InChI is InChI=1S/C32H46N6O4/c1-4-29(39)38-15-14-37(19-24(38)10-12-33)30-27-9-11-32(17-22-7-8-26(40-3)16-23(22)20-42-32)18-28(27)34-31(35-30)41-21-25-6-5-13-36(25)2/h4,7-8,16,24-25,27-28,30-31,34-35H,1,5-6,9-11,13-15,17-21H2,2-3H3/t24?,25?,27?,28?,30?,31?,32-/m1/s1. The molecule has 1 aromatic rings. The topological polar surface area (TPSA) is 102 Å². The molecule has 6 rings (SSSR count). The van der Waals surface area contributed by atoms with E-state index in [1.807, 2.05) is 4.90 Å². The molecular weight excluding hydrogens is 532 g/mol. The maximum atomic E-state index is 12.6. The molecule has 0 radical (unpaired) electrons. The minimum Gasteiger partial charge on any atom is -0.497 e. The minimum atomic E-state index is -0.275. The molecule has 10 nitrogen and oxygen atoms in total. The summed E-state index contributed by atoms with van der Waals surface area (Å²) in [5.41, 5.74) is 2.37. The normalized spacial score (nSPS) is 35.3. The van der Waals surface area contributed by atoms with E-state index in [9.17, 15) is 10.1 Å². The van der Waals surface area contributed by atoms with Crippen LogP contribution in [0.1, 0.15) is 49.7 Å². The maximum Gasteiger partial charge on any atom is 0.246 e. The van der Waals surface area contributed by atoms with Crippen LogP contribution in [-0.4, -0.2) is 104 Å². The Morgan fingerprint density at radius 1 is 1.24 bits per heavy atom. The number of ether oxygens (including phenoxy) is 3. The van der Waals surface area contributed by atoms with E-state index in [0.717, 1.165) is 50.9 Å². The van der Waals surface area contributed by atoms with Crippen molar-refractivity contribution in [2.75, 3.05) is 46.9 Å². The van der Waals surface area contributed by atoms with E-state index in [-0.39, 0.29) is 36.1 Å². The van der Waals surface area contributed by atoms with Crippen LogP contribution in [-0.2, 0) is 27.3 Å². The molecule has 1 spiro atoms. The summed E-state index contributed by atoms with van der Waals surface area (Å²) in [6, 6.07) is 9.17. The number of piperazine rings is 1. The third-order valence-corrected chi connectivity index (χ3v) is 10.4. The fraction of sp³-hybridized carbons (Fsp3) is 0.688. The highest BCUT2D eigenvalue weighted by Gasteiger charge is 2.50. The maximum absolute atomic E-state index is 12.6. The van der Waals surface area contributed by atoms with E-state index < -0.39 is 0 Å². The monoisotopic (exact) mass is 578 g/mol. The van der Waals surface area contributed by atoms with Gasteiger partial charge in [-0.2, -0.15) is 5.26 Å². The second kappa shape index (κ2) is 12.6. The first-order valence-electron chi connectivity index (χ1n) is 15.6. The van der Waals surface area contributed by atoms with E-state index in [1.165, 1.54) is 23.6 Å². The number of hydrogen-bond acceptors (Lipinski definition) is 9. The van der Waals surface area contributed by atoms with Gasteiger partial charge in [0.2, 0.25) is 5.91 Å². The van der Waals surface area contributed by atoms with Gasteiger partial charge in [0.05, 0.1) is 50.6 Å². The van der Waals surface area contributed by atoms with Gasteiger partial charge in [0.1, 0.15) is 5.75 Å². The second-order valence-corrected chi connectivity index (χ2v) is 12.8. The molecule has 4 aliphatic heterocycles. The Hall–Kier alpha value is -2.52. The van der Waals surface area contributed by atoms with Crippen LogP contribution in [0.25, 0.3) is 0 Å². The smallest absolute Gasteiger partial charge is 0.246 e. The van der Waals surface area contributed by atoms with Crippen LogP contribution in [0.5, 0.6) is 5.75 Å². The molecule has 228 valence electrons. The average molecular weight is 579 g/mol. The van der Waals surface area contributed by atoms with Crippen molar-refractivity contribution in [1.82, 2.24) is 25.3 Å². The average Bonchev–Trinajstić information content (AvgIpc) is 3.43. The molecule has 1 aromatic carbocycles. The Kier molecular flexibility index (Phi) is 8.87. The quantitative estimate of drug-likeness (QED) is 0.472. The number of benzene rings is 1. The number of fused-ring (bicyclic) bond motifs is 2. The first kappa shape index (κ1) is 29.5. The van der Waals surface area contributed by atoms with E-state index in [4.69, 9.17) is 14.2 Å². The lowest BCUT2D eigenvalue weighted by Gasteiger charge is -2.56. The van der Waals surface area contributed by atoms with Crippen molar-refractivity contribution in [2.24, 2.45) is 5.92 Å². The zero-order valence-electron chi connectivity index (χ0n) is 25.1.